The van der Waals surface area contributed by atoms with E-state index in [1.807, 2.05) is 0 Å². The van der Waals surface area contributed by atoms with E-state index in [0.717, 1.165) is 6.07 Å². The molecule has 6 heteroatoms. The molecule has 1 aliphatic rings. The summed E-state index contributed by atoms with van der Waals surface area (Å²) in [5.41, 5.74) is 4.45. The summed E-state index contributed by atoms with van der Waals surface area (Å²) in [6.45, 7) is 0.719. The van der Waals surface area contributed by atoms with Crippen molar-refractivity contribution < 1.29 is 18.0 Å². The van der Waals surface area contributed by atoms with Crippen LogP contribution in [-0.2, 0) is 6.18 Å². The Bertz CT molecular complexity index is 459. The first kappa shape index (κ1) is 12.9. The summed E-state index contributed by atoms with van der Waals surface area (Å²) in [4.78, 5) is 13.4. The van der Waals surface area contributed by atoms with Gasteiger partial charge < -0.3 is 10.6 Å². The quantitative estimate of drug-likeness (QED) is 0.836. The van der Waals surface area contributed by atoms with Crippen LogP contribution in [0.1, 0.15) is 22.3 Å². The van der Waals surface area contributed by atoms with E-state index in [1.54, 1.807) is 0 Å². The summed E-state index contributed by atoms with van der Waals surface area (Å²) in [6.07, 6.45) is -3.89. The maximum Gasteiger partial charge on any atom is 0.417 e. The van der Waals surface area contributed by atoms with Gasteiger partial charge in [0.15, 0.2) is 0 Å². The van der Waals surface area contributed by atoms with Gasteiger partial charge in [-0.15, -0.1) is 0 Å². The van der Waals surface area contributed by atoms with Gasteiger partial charge in [-0.1, -0.05) is 12.1 Å². The fourth-order valence-electron chi connectivity index (χ4n) is 2.06. The maximum absolute atomic E-state index is 12.8. The van der Waals surface area contributed by atoms with Crippen molar-refractivity contribution in [2.24, 2.45) is 5.73 Å². The molecule has 1 aromatic rings. The largest absolute Gasteiger partial charge is 0.417 e. The van der Waals surface area contributed by atoms with Gasteiger partial charge in [0.25, 0.3) is 5.91 Å². The molecule has 1 aromatic carbocycles. The molecule has 1 heterocycles. The van der Waals surface area contributed by atoms with Crippen LogP contribution in [0.5, 0.6) is 0 Å². The van der Waals surface area contributed by atoms with Gasteiger partial charge in [0.1, 0.15) is 0 Å². The summed E-state index contributed by atoms with van der Waals surface area (Å²) < 4.78 is 38.3. The topological polar surface area (TPSA) is 46.3 Å². The molecule has 2 rings (SSSR count). The Balaban J connectivity index is 2.31. The highest BCUT2D eigenvalue weighted by Gasteiger charge is 2.36. The molecule has 2 N–H and O–H groups in total. The molecule has 0 radical (unpaired) electrons. The van der Waals surface area contributed by atoms with Crippen LogP contribution in [0, 0.1) is 0 Å². The highest BCUT2D eigenvalue weighted by molar-refractivity contribution is 5.96. The normalized spacial score (nSPS) is 20.2. The monoisotopic (exact) mass is 258 g/mol. The number of likely N-dealkylation sites (tertiary alicyclic amines) is 1. The van der Waals surface area contributed by atoms with Crippen LogP contribution in [0.25, 0.3) is 0 Å². The van der Waals surface area contributed by atoms with Gasteiger partial charge in [0.2, 0.25) is 0 Å². The number of nitrogens with zero attached hydrogens (tertiary/aromatic N) is 1. The lowest BCUT2D eigenvalue weighted by atomic mass is 10.1. The molecule has 98 valence electrons. The first-order valence-corrected chi connectivity index (χ1v) is 5.60. The molecule has 0 saturated carbocycles. The number of carbonyl (C=O) groups is 1. The Morgan fingerprint density at radius 1 is 1.33 bits per heavy atom. The van der Waals surface area contributed by atoms with Crippen LogP contribution in [0.3, 0.4) is 0 Å². The molecule has 0 bridgehead atoms. The summed E-state index contributed by atoms with van der Waals surface area (Å²) in [7, 11) is 0. The second-order valence-electron chi connectivity index (χ2n) is 4.34. The van der Waals surface area contributed by atoms with E-state index >= 15 is 0 Å². The maximum atomic E-state index is 12.8. The molecule has 0 aliphatic carbocycles. The number of carbonyl (C=O) groups excluding carboxylic acids is 1. The predicted octanol–water partition coefficient (Wildman–Crippen LogP) is 1.88. The van der Waals surface area contributed by atoms with Crippen molar-refractivity contribution in [2.75, 3.05) is 13.1 Å². The van der Waals surface area contributed by atoms with Crippen molar-refractivity contribution in [3.63, 3.8) is 0 Å². The fraction of sp³-hybridized carbons (Fsp3) is 0.417. The van der Waals surface area contributed by atoms with Crippen molar-refractivity contribution in [3.8, 4) is 0 Å². The third kappa shape index (κ3) is 2.48. The van der Waals surface area contributed by atoms with Gasteiger partial charge in [0, 0.05) is 19.1 Å². The molecule has 0 unspecified atom stereocenters. The first-order chi connectivity index (χ1) is 8.39. The second-order valence-corrected chi connectivity index (χ2v) is 4.34. The Kier molecular flexibility index (Phi) is 3.30. The Hall–Kier alpha value is -1.56. The average Bonchev–Trinajstić information content (AvgIpc) is 2.74. The molecule has 1 saturated heterocycles. The van der Waals surface area contributed by atoms with E-state index in [-0.39, 0.29) is 11.6 Å². The smallest absolute Gasteiger partial charge is 0.337 e. The van der Waals surface area contributed by atoms with Gasteiger partial charge in [-0.2, -0.15) is 13.2 Å². The van der Waals surface area contributed by atoms with Crippen LogP contribution in [-0.4, -0.2) is 29.9 Å². The van der Waals surface area contributed by atoms with Crippen LogP contribution in [0.4, 0.5) is 13.2 Å². The highest BCUT2D eigenvalue weighted by atomic mass is 19.4. The van der Waals surface area contributed by atoms with Gasteiger partial charge in [-0.05, 0) is 18.6 Å². The van der Waals surface area contributed by atoms with Crippen molar-refractivity contribution in [1.82, 2.24) is 4.90 Å². The lowest BCUT2D eigenvalue weighted by molar-refractivity contribution is -0.138. The lowest BCUT2D eigenvalue weighted by Crippen LogP contribution is -2.33. The molecule has 1 amide bonds. The van der Waals surface area contributed by atoms with Crippen molar-refractivity contribution >= 4 is 5.91 Å². The third-order valence-electron chi connectivity index (χ3n) is 2.97. The molecule has 0 spiro atoms. The number of hydrogen-bond donors (Lipinski definition) is 1. The first-order valence-electron chi connectivity index (χ1n) is 5.60. The zero-order valence-corrected chi connectivity index (χ0v) is 9.57. The Morgan fingerprint density at radius 2 is 2.00 bits per heavy atom. The molecular weight excluding hydrogens is 245 g/mol. The molecule has 0 aromatic heterocycles. The summed E-state index contributed by atoms with van der Waals surface area (Å²) >= 11 is 0. The van der Waals surface area contributed by atoms with Crippen LogP contribution >= 0.6 is 0 Å². The lowest BCUT2D eigenvalue weighted by Gasteiger charge is -2.19. The minimum absolute atomic E-state index is 0.146. The number of rotatable bonds is 1. The van der Waals surface area contributed by atoms with Crippen molar-refractivity contribution in [2.45, 2.75) is 18.6 Å². The minimum Gasteiger partial charge on any atom is -0.337 e. The fourth-order valence-corrected chi connectivity index (χ4v) is 2.06. The number of nitrogens with two attached hydrogens (primary N) is 1. The summed E-state index contributed by atoms with van der Waals surface area (Å²) in [5.74, 6) is -0.601. The van der Waals surface area contributed by atoms with Gasteiger partial charge in [-0.3, -0.25) is 4.79 Å². The van der Waals surface area contributed by atoms with E-state index in [2.05, 4.69) is 0 Å². The molecule has 1 fully saturated rings. The van der Waals surface area contributed by atoms with Crippen molar-refractivity contribution in [1.29, 1.82) is 0 Å². The SMILES string of the molecule is N[C@H]1CCN(C(=O)c2ccccc2C(F)(F)F)C1. The van der Waals surface area contributed by atoms with E-state index in [4.69, 9.17) is 5.73 Å². The van der Waals surface area contributed by atoms with Gasteiger partial charge in [0.05, 0.1) is 11.1 Å². The zero-order valence-electron chi connectivity index (χ0n) is 9.57. The van der Waals surface area contributed by atoms with Crippen LogP contribution in [0.15, 0.2) is 24.3 Å². The number of amides is 1. The summed E-state index contributed by atoms with van der Waals surface area (Å²) in [6, 6.07) is 4.68. The zero-order chi connectivity index (χ0) is 13.3. The van der Waals surface area contributed by atoms with E-state index in [0.29, 0.717) is 19.5 Å². The Morgan fingerprint density at radius 3 is 2.56 bits per heavy atom. The van der Waals surface area contributed by atoms with Crippen molar-refractivity contribution in [3.05, 3.63) is 35.4 Å². The number of benzene rings is 1. The average molecular weight is 258 g/mol. The van der Waals surface area contributed by atoms with E-state index in [1.165, 1.54) is 23.1 Å². The highest BCUT2D eigenvalue weighted by Crippen LogP contribution is 2.32. The second kappa shape index (κ2) is 4.61. The molecule has 1 atom stereocenters. The van der Waals surface area contributed by atoms with Crippen LogP contribution < -0.4 is 5.73 Å². The van der Waals surface area contributed by atoms with Gasteiger partial charge in [-0.25, -0.2) is 0 Å². The molecule has 3 nitrogen and oxygen atoms in total. The number of hydrogen-bond acceptors (Lipinski definition) is 2. The third-order valence-corrected chi connectivity index (χ3v) is 2.97. The van der Waals surface area contributed by atoms with Gasteiger partial charge >= 0.3 is 6.18 Å². The number of alkyl halides is 3. The molecule has 18 heavy (non-hydrogen) atoms. The van der Waals surface area contributed by atoms with E-state index in [9.17, 15) is 18.0 Å². The molecular formula is C12H13F3N2O. The minimum atomic E-state index is -4.52. The molecule has 1 aliphatic heterocycles. The number of halogens is 3. The predicted molar refractivity (Wildman–Crippen MR) is 59.9 cm³/mol. The summed E-state index contributed by atoms with van der Waals surface area (Å²) in [5, 5.41) is 0. The standard InChI is InChI=1S/C12H13F3N2O/c13-12(14,15)10-4-2-1-3-9(10)11(18)17-6-5-8(16)7-17/h1-4,8H,5-7,16H2/t8-/m0/s1. The Labute approximate surface area is 102 Å². The van der Waals surface area contributed by atoms with E-state index < -0.39 is 17.6 Å². The van der Waals surface area contributed by atoms with Crippen LogP contribution in [0.2, 0.25) is 0 Å².